The van der Waals surface area contributed by atoms with Crippen molar-refractivity contribution in [3.8, 4) is 23.7 Å². The van der Waals surface area contributed by atoms with Crippen molar-refractivity contribution in [1.82, 2.24) is 4.90 Å². The Morgan fingerprint density at radius 2 is 1.11 bits per heavy atom. The molecule has 0 aromatic heterocycles. The van der Waals surface area contributed by atoms with Gasteiger partial charge in [-0.15, -0.1) is 0 Å². The van der Waals surface area contributed by atoms with Crippen LogP contribution in [0.5, 0.6) is 0 Å². The van der Waals surface area contributed by atoms with Gasteiger partial charge in [-0.05, 0) is 42.0 Å². The smallest absolute Gasteiger partial charge is 0.0617 e. The van der Waals surface area contributed by atoms with Crippen LogP contribution in [0.1, 0.15) is 16.7 Å². The minimum Gasteiger partial charge on any atom is -0.277 e. The number of rotatable bonds is 4. The van der Waals surface area contributed by atoms with Crippen molar-refractivity contribution in [2.45, 2.75) is 6.54 Å². The molecule has 3 aromatic carbocycles. The summed E-state index contributed by atoms with van der Waals surface area (Å²) in [5.41, 5.74) is 3.25. The van der Waals surface area contributed by atoms with Gasteiger partial charge in [0.15, 0.2) is 0 Å². The summed E-state index contributed by atoms with van der Waals surface area (Å²) in [5, 5.41) is 0.748. The molecule has 27 heavy (non-hydrogen) atoms. The fraction of sp³-hybridized carbons (Fsp3) is 0.120. The largest absolute Gasteiger partial charge is 0.277 e. The van der Waals surface area contributed by atoms with Gasteiger partial charge in [-0.25, -0.2) is 0 Å². The molecule has 2 heteroatoms. The lowest BCUT2D eigenvalue weighted by atomic mass is 10.2. The molecule has 0 aliphatic heterocycles. The lowest BCUT2D eigenvalue weighted by Crippen LogP contribution is -2.24. The predicted octanol–water partition coefficient (Wildman–Crippen LogP) is 5.25. The SMILES string of the molecule is Clc1ccc(CN(CC#Cc2ccccc2)CC#Cc2ccccc2)cc1. The molecule has 0 atom stereocenters. The van der Waals surface area contributed by atoms with E-state index in [0.717, 1.165) is 22.7 Å². The van der Waals surface area contributed by atoms with Crippen LogP contribution >= 0.6 is 11.6 Å². The zero-order valence-corrected chi connectivity index (χ0v) is 15.8. The van der Waals surface area contributed by atoms with E-state index in [1.54, 1.807) is 0 Å². The molecule has 3 rings (SSSR count). The molecule has 0 radical (unpaired) electrons. The number of benzene rings is 3. The van der Waals surface area contributed by atoms with Crippen LogP contribution in [0.4, 0.5) is 0 Å². The molecular weight excluding hydrogens is 350 g/mol. The van der Waals surface area contributed by atoms with Crippen molar-refractivity contribution in [3.05, 3.63) is 107 Å². The van der Waals surface area contributed by atoms with Crippen LogP contribution in [0, 0.1) is 23.7 Å². The monoisotopic (exact) mass is 369 g/mol. The van der Waals surface area contributed by atoms with Crippen molar-refractivity contribution in [2.75, 3.05) is 13.1 Å². The summed E-state index contributed by atoms with van der Waals surface area (Å²) in [7, 11) is 0. The Kier molecular flexibility index (Phi) is 7.14. The highest BCUT2D eigenvalue weighted by molar-refractivity contribution is 6.30. The summed E-state index contributed by atoms with van der Waals surface area (Å²) < 4.78 is 0. The Bertz CT molecular complexity index is 896. The zero-order chi connectivity index (χ0) is 18.7. The second kappa shape index (κ2) is 10.2. The maximum atomic E-state index is 5.99. The molecule has 0 heterocycles. The van der Waals surface area contributed by atoms with Crippen molar-refractivity contribution < 1.29 is 0 Å². The first kappa shape index (κ1) is 18.8. The van der Waals surface area contributed by atoms with Gasteiger partial charge < -0.3 is 0 Å². The molecule has 0 bridgehead atoms. The van der Waals surface area contributed by atoms with Crippen LogP contribution in [-0.4, -0.2) is 18.0 Å². The Morgan fingerprint density at radius 3 is 1.59 bits per heavy atom. The maximum absolute atomic E-state index is 5.99. The highest BCUT2D eigenvalue weighted by Crippen LogP contribution is 2.11. The first-order valence-electron chi connectivity index (χ1n) is 8.84. The average molecular weight is 370 g/mol. The predicted molar refractivity (Wildman–Crippen MR) is 113 cm³/mol. The van der Waals surface area contributed by atoms with Gasteiger partial charge in [0.1, 0.15) is 0 Å². The lowest BCUT2D eigenvalue weighted by molar-refractivity contribution is 0.337. The molecular formula is C25H20ClN. The summed E-state index contributed by atoms with van der Waals surface area (Å²) in [5.74, 6) is 13.0. The Balaban J connectivity index is 1.69. The second-order valence-electron chi connectivity index (χ2n) is 6.11. The number of nitrogens with zero attached hydrogens (tertiary/aromatic N) is 1. The van der Waals surface area contributed by atoms with Crippen molar-refractivity contribution in [2.24, 2.45) is 0 Å². The molecule has 0 saturated carbocycles. The van der Waals surface area contributed by atoms with E-state index in [4.69, 9.17) is 11.6 Å². The molecule has 0 unspecified atom stereocenters. The van der Waals surface area contributed by atoms with Crippen LogP contribution in [-0.2, 0) is 6.54 Å². The van der Waals surface area contributed by atoms with E-state index in [0.29, 0.717) is 13.1 Å². The third-order valence-corrected chi connectivity index (χ3v) is 4.19. The third kappa shape index (κ3) is 6.69. The number of hydrogen-bond donors (Lipinski definition) is 0. The van der Waals surface area contributed by atoms with Crippen LogP contribution in [0.3, 0.4) is 0 Å². The summed E-state index contributed by atoms with van der Waals surface area (Å²) >= 11 is 5.99. The van der Waals surface area contributed by atoms with Crippen LogP contribution in [0.25, 0.3) is 0 Å². The van der Waals surface area contributed by atoms with Crippen LogP contribution in [0.2, 0.25) is 5.02 Å². The first-order valence-corrected chi connectivity index (χ1v) is 9.22. The first-order chi connectivity index (χ1) is 13.3. The van der Waals surface area contributed by atoms with Gasteiger partial charge in [-0.2, -0.15) is 0 Å². The van der Waals surface area contributed by atoms with Gasteiger partial charge in [0, 0.05) is 22.7 Å². The third-order valence-electron chi connectivity index (χ3n) is 3.94. The standard InChI is InChI=1S/C25H20ClN/c26-25-17-15-24(16-18-25)21-27(19-7-13-22-9-3-1-4-10-22)20-8-14-23-11-5-2-6-12-23/h1-6,9-12,15-18H,19-21H2. The Morgan fingerprint density at radius 1 is 0.630 bits per heavy atom. The molecule has 0 saturated heterocycles. The minimum absolute atomic E-state index is 0.654. The van der Waals surface area contributed by atoms with Gasteiger partial charge in [0.25, 0.3) is 0 Å². The van der Waals surface area contributed by atoms with E-state index in [1.807, 2.05) is 84.9 Å². The van der Waals surface area contributed by atoms with Gasteiger partial charge in [-0.3, -0.25) is 4.90 Å². The molecule has 0 fully saturated rings. The maximum Gasteiger partial charge on any atom is 0.0617 e. The molecule has 1 nitrogen and oxygen atoms in total. The molecule has 0 N–H and O–H groups in total. The minimum atomic E-state index is 0.654. The second-order valence-corrected chi connectivity index (χ2v) is 6.54. The van der Waals surface area contributed by atoms with E-state index >= 15 is 0 Å². The van der Waals surface area contributed by atoms with Gasteiger partial charge in [0.05, 0.1) is 13.1 Å². The van der Waals surface area contributed by atoms with Gasteiger partial charge in [-0.1, -0.05) is 83.8 Å². The Hall–Kier alpha value is -2.97. The van der Waals surface area contributed by atoms with E-state index < -0.39 is 0 Å². The molecule has 0 amide bonds. The molecule has 3 aromatic rings. The van der Waals surface area contributed by atoms with Gasteiger partial charge in [0.2, 0.25) is 0 Å². The average Bonchev–Trinajstić information content (AvgIpc) is 2.71. The van der Waals surface area contributed by atoms with Gasteiger partial charge >= 0.3 is 0 Å². The number of hydrogen-bond acceptors (Lipinski definition) is 1. The molecule has 0 aliphatic rings. The van der Waals surface area contributed by atoms with Crippen LogP contribution in [0.15, 0.2) is 84.9 Å². The molecule has 0 aliphatic carbocycles. The highest BCUT2D eigenvalue weighted by Gasteiger charge is 2.03. The number of halogens is 1. The zero-order valence-electron chi connectivity index (χ0n) is 15.0. The topological polar surface area (TPSA) is 3.24 Å². The summed E-state index contributed by atoms with van der Waals surface area (Å²) in [6.45, 7) is 2.09. The Labute approximate surface area is 166 Å². The quantitative estimate of drug-likeness (QED) is 0.568. The molecule has 0 spiro atoms. The summed E-state index contributed by atoms with van der Waals surface area (Å²) in [6, 6.07) is 28.0. The normalized spacial score (nSPS) is 9.85. The van der Waals surface area contributed by atoms with Crippen molar-refractivity contribution in [3.63, 3.8) is 0 Å². The fourth-order valence-electron chi connectivity index (χ4n) is 2.57. The van der Waals surface area contributed by atoms with E-state index in [-0.39, 0.29) is 0 Å². The summed E-state index contributed by atoms with van der Waals surface area (Å²) in [4.78, 5) is 2.23. The fourth-order valence-corrected chi connectivity index (χ4v) is 2.69. The molecule has 132 valence electrons. The van der Waals surface area contributed by atoms with E-state index in [1.165, 1.54) is 5.56 Å². The highest BCUT2D eigenvalue weighted by atomic mass is 35.5. The lowest BCUT2D eigenvalue weighted by Gasteiger charge is -2.16. The summed E-state index contributed by atoms with van der Waals surface area (Å²) in [6.07, 6.45) is 0. The van der Waals surface area contributed by atoms with Crippen molar-refractivity contribution in [1.29, 1.82) is 0 Å². The van der Waals surface area contributed by atoms with E-state index in [2.05, 4.69) is 28.6 Å². The van der Waals surface area contributed by atoms with Crippen LogP contribution < -0.4 is 0 Å². The van der Waals surface area contributed by atoms with Crippen molar-refractivity contribution >= 4 is 11.6 Å². The van der Waals surface area contributed by atoms with E-state index in [9.17, 15) is 0 Å².